The van der Waals surface area contributed by atoms with Gasteiger partial charge in [-0.1, -0.05) is 0 Å². The monoisotopic (exact) mass is 263 g/mol. The average Bonchev–Trinajstić information content (AvgIpc) is 2.38. The fourth-order valence-corrected chi connectivity index (χ4v) is 1.56. The highest BCUT2D eigenvalue weighted by atomic mass is 19.1. The van der Waals surface area contributed by atoms with Crippen molar-refractivity contribution in [2.45, 2.75) is 0 Å². The molecular formula is C13H7F2NO3. The van der Waals surface area contributed by atoms with Gasteiger partial charge >= 0.3 is 0 Å². The molecule has 0 aliphatic carbocycles. The van der Waals surface area contributed by atoms with Gasteiger partial charge in [0.1, 0.15) is 11.6 Å². The van der Waals surface area contributed by atoms with E-state index in [1.807, 2.05) is 0 Å². The molecule has 4 nitrogen and oxygen atoms in total. The van der Waals surface area contributed by atoms with E-state index in [4.69, 9.17) is 0 Å². The molecule has 2 rings (SSSR count). The molecule has 0 aromatic heterocycles. The lowest BCUT2D eigenvalue weighted by molar-refractivity contribution is -0.385. The maximum atomic E-state index is 13.6. The van der Waals surface area contributed by atoms with E-state index in [0.29, 0.717) is 6.07 Å². The fraction of sp³-hybridized carbons (Fsp3) is 0. The molecule has 0 fully saturated rings. The molecule has 0 saturated heterocycles. The maximum Gasteiger partial charge on any atom is 0.272 e. The van der Waals surface area contributed by atoms with E-state index in [0.717, 1.165) is 24.3 Å². The van der Waals surface area contributed by atoms with Gasteiger partial charge in [-0.2, -0.15) is 0 Å². The Bertz CT molecular complexity index is 653. The predicted molar refractivity (Wildman–Crippen MR) is 62.9 cm³/mol. The van der Waals surface area contributed by atoms with E-state index in [9.17, 15) is 23.7 Å². The third kappa shape index (κ3) is 2.62. The summed E-state index contributed by atoms with van der Waals surface area (Å²) in [5.41, 5.74) is -0.625. The van der Waals surface area contributed by atoms with E-state index in [1.165, 1.54) is 12.1 Å². The minimum Gasteiger partial charge on any atom is -0.288 e. The number of nitro groups is 1. The van der Waals surface area contributed by atoms with Crippen LogP contribution in [-0.2, 0) is 0 Å². The van der Waals surface area contributed by atoms with Crippen molar-refractivity contribution in [3.8, 4) is 0 Å². The molecule has 96 valence electrons. The van der Waals surface area contributed by atoms with Crippen LogP contribution < -0.4 is 0 Å². The summed E-state index contributed by atoms with van der Waals surface area (Å²) < 4.78 is 26.3. The van der Waals surface area contributed by atoms with Crippen molar-refractivity contribution < 1.29 is 18.5 Å². The third-order valence-electron chi connectivity index (χ3n) is 2.51. The summed E-state index contributed by atoms with van der Waals surface area (Å²) in [7, 11) is 0. The first kappa shape index (κ1) is 12.8. The van der Waals surface area contributed by atoms with E-state index in [1.54, 1.807) is 0 Å². The molecule has 0 radical (unpaired) electrons. The van der Waals surface area contributed by atoms with Gasteiger partial charge in [0, 0.05) is 11.6 Å². The maximum absolute atomic E-state index is 13.6. The number of carbonyl (C=O) groups excluding carboxylic acids is 1. The van der Waals surface area contributed by atoms with Crippen LogP contribution >= 0.6 is 0 Å². The Kier molecular flexibility index (Phi) is 3.33. The van der Waals surface area contributed by atoms with Crippen LogP contribution in [0.3, 0.4) is 0 Å². The summed E-state index contributed by atoms with van der Waals surface area (Å²) in [6.45, 7) is 0. The standard InChI is InChI=1S/C13H7F2NO3/c14-9-3-1-8(2-4-9)13(17)11-6-5-10(16(18)19)7-12(11)15/h1-7H. The van der Waals surface area contributed by atoms with Crippen LogP contribution in [0.1, 0.15) is 15.9 Å². The lowest BCUT2D eigenvalue weighted by Gasteiger charge is -2.02. The Morgan fingerprint density at radius 3 is 2.21 bits per heavy atom. The largest absolute Gasteiger partial charge is 0.288 e. The van der Waals surface area contributed by atoms with Crippen molar-refractivity contribution in [3.63, 3.8) is 0 Å². The van der Waals surface area contributed by atoms with Gasteiger partial charge < -0.3 is 0 Å². The number of hydrogen-bond acceptors (Lipinski definition) is 3. The summed E-state index contributed by atoms with van der Waals surface area (Å²) >= 11 is 0. The van der Waals surface area contributed by atoms with Gasteiger partial charge in [-0.3, -0.25) is 14.9 Å². The lowest BCUT2D eigenvalue weighted by atomic mass is 10.0. The summed E-state index contributed by atoms with van der Waals surface area (Å²) in [5, 5.41) is 10.5. The summed E-state index contributed by atoms with van der Waals surface area (Å²) in [5.74, 6) is -2.16. The molecule has 2 aromatic rings. The number of hydrogen-bond donors (Lipinski definition) is 0. The Hall–Kier alpha value is -2.63. The summed E-state index contributed by atoms with van der Waals surface area (Å²) in [4.78, 5) is 21.6. The number of ketones is 1. The molecule has 0 amide bonds. The quantitative estimate of drug-likeness (QED) is 0.485. The first-order chi connectivity index (χ1) is 8.99. The Morgan fingerprint density at radius 1 is 1.05 bits per heavy atom. The molecule has 0 aliphatic rings. The first-order valence-corrected chi connectivity index (χ1v) is 5.23. The van der Waals surface area contributed by atoms with E-state index in [-0.39, 0.29) is 11.1 Å². The Balaban J connectivity index is 2.39. The minimum absolute atomic E-state index is 0.106. The minimum atomic E-state index is -0.983. The van der Waals surface area contributed by atoms with Crippen molar-refractivity contribution in [2.75, 3.05) is 0 Å². The average molecular weight is 263 g/mol. The van der Waals surface area contributed by atoms with Crippen LogP contribution in [0.5, 0.6) is 0 Å². The highest BCUT2D eigenvalue weighted by Crippen LogP contribution is 2.19. The first-order valence-electron chi connectivity index (χ1n) is 5.23. The Labute approximate surface area is 106 Å². The van der Waals surface area contributed by atoms with Gasteiger partial charge in [-0.25, -0.2) is 8.78 Å². The van der Waals surface area contributed by atoms with Crippen LogP contribution in [0, 0.1) is 21.7 Å². The molecule has 0 spiro atoms. The van der Waals surface area contributed by atoms with Gasteiger partial charge in [0.15, 0.2) is 5.78 Å². The zero-order valence-electron chi connectivity index (χ0n) is 9.47. The van der Waals surface area contributed by atoms with Crippen molar-refractivity contribution in [3.05, 3.63) is 75.3 Å². The number of benzene rings is 2. The van der Waals surface area contributed by atoms with Crippen LogP contribution in [0.2, 0.25) is 0 Å². The predicted octanol–water partition coefficient (Wildman–Crippen LogP) is 3.10. The highest BCUT2D eigenvalue weighted by Gasteiger charge is 2.17. The van der Waals surface area contributed by atoms with Crippen LogP contribution in [-0.4, -0.2) is 10.7 Å². The number of nitrogens with zero attached hydrogens (tertiary/aromatic N) is 1. The number of non-ortho nitro benzene ring substituents is 1. The van der Waals surface area contributed by atoms with Crippen molar-refractivity contribution in [1.82, 2.24) is 0 Å². The second-order valence-electron chi connectivity index (χ2n) is 3.76. The molecule has 0 heterocycles. The molecule has 19 heavy (non-hydrogen) atoms. The summed E-state index contributed by atoms with van der Waals surface area (Å²) in [6.07, 6.45) is 0. The number of halogens is 2. The lowest BCUT2D eigenvalue weighted by Crippen LogP contribution is -2.05. The van der Waals surface area contributed by atoms with E-state index >= 15 is 0 Å². The van der Waals surface area contributed by atoms with Crippen LogP contribution in [0.15, 0.2) is 42.5 Å². The molecule has 0 saturated carbocycles. The number of nitro benzene ring substituents is 1. The smallest absolute Gasteiger partial charge is 0.272 e. The van der Waals surface area contributed by atoms with Gasteiger partial charge in [-0.05, 0) is 30.3 Å². The number of rotatable bonds is 3. The van der Waals surface area contributed by atoms with Crippen molar-refractivity contribution in [2.24, 2.45) is 0 Å². The SMILES string of the molecule is O=C(c1ccc(F)cc1)c1ccc([N+](=O)[O-])cc1F. The molecule has 0 N–H and O–H groups in total. The van der Waals surface area contributed by atoms with Crippen molar-refractivity contribution >= 4 is 11.5 Å². The molecule has 0 aliphatic heterocycles. The molecule has 6 heteroatoms. The van der Waals surface area contributed by atoms with E-state index in [2.05, 4.69) is 0 Å². The van der Waals surface area contributed by atoms with Gasteiger partial charge in [-0.15, -0.1) is 0 Å². The molecular weight excluding hydrogens is 256 g/mol. The van der Waals surface area contributed by atoms with Gasteiger partial charge in [0.05, 0.1) is 16.6 Å². The fourth-order valence-electron chi connectivity index (χ4n) is 1.56. The zero-order valence-corrected chi connectivity index (χ0v) is 9.47. The molecule has 0 unspecified atom stereocenters. The second kappa shape index (κ2) is 4.93. The van der Waals surface area contributed by atoms with Crippen LogP contribution in [0.4, 0.5) is 14.5 Å². The topological polar surface area (TPSA) is 60.2 Å². The van der Waals surface area contributed by atoms with E-state index < -0.39 is 28.0 Å². The molecule has 2 aromatic carbocycles. The van der Waals surface area contributed by atoms with Crippen LogP contribution in [0.25, 0.3) is 0 Å². The normalized spacial score (nSPS) is 10.2. The molecule has 0 bridgehead atoms. The number of carbonyl (C=O) groups is 1. The highest BCUT2D eigenvalue weighted by molar-refractivity contribution is 6.09. The zero-order chi connectivity index (χ0) is 14.0. The van der Waals surface area contributed by atoms with Gasteiger partial charge in [0.2, 0.25) is 0 Å². The Morgan fingerprint density at radius 2 is 1.68 bits per heavy atom. The summed E-state index contributed by atoms with van der Waals surface area (Å²) in [6, 6.07) is 7.36. The molecule has 0 atom stereocenters. The second-order valence-corrected chi connectivity index (χ2v) is 3.76. The third-order valence-corrected chi connectivity index (χ3v) is 2.51. The van der Waals surface area contributed by atoms with Crippen molar-refractivity contribution in [1.29, 1.82) is 0 Å². The van der Waals surface area contributed by atoms with Gasteiger partial charge in [0.25, 0.3) is 5.69 Å².